The van der Waals surface area contributed by atoms with E-state index in [1.807, 2.05) is 12.4 Å². The Labute approximate surface area is 337 Å². The van der Waals surface area contributed by atoms with Crippen molar-refractivity contribution in [1.82, 2.24) is 9.97 Å². The summed E-state index contributed by atoms with van der Waals surface area (Å²) in [5.41, 5.74) is 19.1. The summed E-state index contributed by atoms with van der Waals surface area (Å²) < 4.78 is 27.0. The summed E-state index contributed by atoms with van der Waals surface area (Å²) >= 11 is 0. The van der Waals surface area contributed by atoms with Crippen LogP contribution < -0.4 is 0 Å². The summed E-state index contributed by atoms with van der Waals surface area (Å²) in [4.78, 5) is 9.55. The summed E-state index contributed by atoms with van der Waals surface area (Å²) in [5.74, 6) is -0.496. The molecule has 7 aromatic carbocycles. The Hall–Kier alpha value is -7.30. The van der Waals surface area contributed by atoms with Crippen LogP contribution in [0.2, 0.25) is 0 Å². The molecule has 0 aliphatic heterocycles. The monoisotopic (exact) mass is 752 g/mol. The fraction of sp³-hybridized carbons (Fsp3) is 0.0370. The van der Waals surface area contributed by atoms with Gasteiger partial charge in [0.25, 0.3) is 0 Å². The van der Waals surface area contributed by atoms with E-state index >= 15 is 0 Å². The number of benzene rings is 7. The van der Waals surface area contributed by atoms with E-state index in [1.165, 1.54) is 24.3 Å². The van der Waals surface area contributed by atoms with Crippen LogP contribution in [0, 0.1) is 25.5 Å². The maximum absolute atomic E-state index is 13.5. The smallest absolute Gasteiger partial charge is 0.123 e. The Balaban J connectivity index is 0.974. The summed E-state index contributed by atoms with van der Waals surface area (Å²) in [6, 6.07) is 60.3. The van der Waals surface area contributed by atoms with Gasteiger partial charge in [0.2, 0.25) is 0 Å². The van der Waals surface area contributed by atoms with Crippen LogP contribution in [0.25, 0.3) is 89.3 Å². The highest BCUT2D eigenvalue weighted by Gasteiger charge is 2.14. The van der Waals surface area contributed by atoms with Gasteiger partial charge in [0.05, 0.1) is 11.4 Å². The second kappa shape index (κ2) is 15.7. The average molecular weight is 753 g/mol. The zero-order chi connectivity index (χ0) is 39.6. The zero-order valence-corrected chi connectivity index (χ0v) is 32.1. The van der Waals surface area contributed by atoms with Crippen molar-refractivity contribution >= 4 is 0 Å². The largest absolute Gasteiger partial charge is 0.256 e. The van der Waals surface area contributed by atoms with Crippen molar-refractivity contribution in [2.45, 2.75) is 13.8 Å². The first-order chi connectivity index (χ1) is 28.4. The van der Waals surface area contributed by atoms with Gasteiger partial charge < -0.3 is 0 Å². The van der Waals surface area contributed by atoms with Crippen molar-refractivity contribution in [2.75, 3.05) is 0 Å². The molecule has 2 aromatic heterocycles. The number of hydrogen-bond acceptors (Lipinski definition) is 2. The molecule has 9 aromatic rings. The predicted molar refractivity (Wildman–Crippen MR) is 235 cm³/mol. The number of pyridine rings is 2. The Morgan fingerprint density at radius 1 is 0.293 bits per heavy atom. The standard InChI is InChI=1S/C54H38F2N2/c1-35-30-53(57-33-51(35)39-22-26-45(55)27-23-39)41-18-14-37(15-19-41)47-10-3-5-12-49(47)43-8-7-9-44(32-43)50-13-6-4-11-48(50)38-16-20-42(21-17-38)54-31-36(2)52(34-58-54)40-24-28-46(56)29-25-40/h3-34H,1-2H3. The molecule has 0 saturated carbocycles. The molecule has 0 bridgehead atoms. The number of aromatic nitrogens is 2. The van der Waals surface area contributed by atoms with Gasteiger partial charge in [-0.15, -0.1) is 0 Å². The van der Waals surface area contributed by atoms with Crippen molar-refractivity contribution in [3.8, 4) is 89.3 Å². The Morgan fingerprint density at radius 3 is 0.966 bits per heavy atom. The molecule has 278 valence electrons. The fourth-order valence-electron chi connectivity index (χ4n) is 7.76. The molecule has 0 unspecified atom stereocenters. The maximum atomic E-state index is 13.5. The number of nitrogens with zero attached hydrogens (tertiary/aromatic N) is 2. The van der Waals surface area contributed by atoms with Gasteiger partial charge in [0, 0.05) is 34.6 Å². The second-order valence-corrected chi connectivity index (χ2v) is 14.6. The van der Waals surface area contributed by atoms with Crippen LogP contribution in [-0.2, 0) is 0 Å². The summed E-state index contributed by atoms with van der Waals surface area (Å²) in [7, 11) is 0. The lowest BCUT2D eigenvalue weighted by molar-refractivity contribution is 0.627. The lowest BCUT2D eigenvalue weighted by atomic mass is 9.90. The fourth-order valence-corrected chi connectivity index (χ4v) is 7.76. The number of rotatable bonds is 8. The SMILES string of the molecule is Cc1cc(-c2ccc(-c3ccccc3-c3cccc(-c4ccccc4-c4ccc(-c5cc(C)c(-c6ccc(F)cc6)cn5)cc4)c3)cc2)ncc1-c1ccc(F)cc1. The number of aryl methyl sites for hydroxylation is 2. The molecule has 2 heterocycles. The topological polar surface area (TPSA) is 25.8 Å². The van der Waals surface area contributed by atoms with Crippen LogP contribution in [0.3, 0.4) is 0 Å². The Bertz CT molecular complexity index is 2700. The summed E-state index contributed by atoms with van der Waals surface area (Å²) in [5, 5.41) is 0. The molecule has 0 amide bonds. The molecule has 0 fully saturated rings. The molecular formula is C54H38F2N2. The molecule has 9 rings (SSSR count). The predicted octanol–water partition coefficient (Wildman–Crippen LogP) is 14.7. The number of halogens is 2. The van der Waals surface area contributed by atoms with Crippen LogP contribution in [0.4, 0.5) is 8.78 Å². The third-order valence-corrected chi connectivity index (χ3v) is 10.9. The molecule has 0 atom stereocenters. The zero-order valence-electron chi connectivity index (χ0n) is 32.1. The third-order valence-electron chi connectivity index (χ3n) is 10.9. The van der Waals surface area contributed by atoms with Crippen molar-refractivity contribution < 1.29 is 8.78 Å². The third kappa shape index (κ3) is 7.36. The number of hydrogen-bond donors (Lipinski definition) is 0. The molecule has 0 radical (unpaired) electrons. The lowest BCUT2D eigenvalue weighted by Crippen LogP contribution is -1.91. The van der Waals surface area contributed by atoms with Gasteiger partial charge in [-0.1, -0.05) is 140 Å². The molecular weight excluding hydrogens is 715 g/mol. The molecule has 0 aliphatic carbocycles. The van der Waals surface area contributed by atoms with Crippen molar-refractivity contribution in [3.63, 3.8) is 0 Å². The first-order valence-electron chi connectivity index (χ1n) is 19.3. The van der Waals surface area contributed by atoms with Crippen molar-refractivity contribution in [2.24, 2.45) is 0 Å². The van der Waals surface area contributed by atoms with Crippen LogP contribution >= 0.6 is 0 Å². The molecule has 0 spiro atoms. The van der Waals surface area contributed by atoms with E-state index in [2.05, 4.69) is 147 Å². The van der Waals surface area contributed by atoms with E-state index in [9.17, 15) is 8.78 Å². The minimum Gasteiger partial charge on any atom is -0.256 e. The van der Waals surface area contributed by atoms with E-state index in [0.29, 0.717) is 0 Å². The second-order valence-electron chi connectivity index (χ2n) is 14.6. The van der Waals surface area contributed by atoms with E-state index in [-0.39, 0.29) is 11.6 Å². The van der Waals surface area contributed by atoms with E-state index in [4.69, 9.17) is 9.97 Å². The van der Waals surface area contributed by atoms with Crippen LogP contribution in [0.5, 0.6) is 0 Å². The Kier molecular flexibility index (Phi) is 9.83. The van der Waals surface area contributed by atoms with Gasteiger partial charge in [0.1, 0.15) is 11.6 Å². The van der Waals surface area contributed by atoms with E-state index in [0.717, 1.165) is 100 Å². The summed E-state index contributed by atoms with van der Waals surface area (Å²) in [6.07, 6.45) is 3.75. The minimum atomic E-state index is -0.248. The highest BCUT2D eigenvalue weighted by Crippen LogP contribution is 2.38. The first-order valence-corrected chi connectivity index (χ1v) is 19.3. The normalized spacial score (nSPS) is 11.1. The van der Waals surface area contributed by atoms with Gasteiger partial charge in [0.15, 0.2) is 0 Å². The average Bonchev–Trinajstić information content (AvgIpc) is 3.27. The molecule has 0 N–H and O–H groups in total. The molecule has 0 aliphatic rings. The quantitative estimate of drug-likeness (QED) is 0.154. The van der Waals surface area contributed by atoms with Crippen LogP contribution in [0.15, 0.2) is 194 Å². The highest BCUT2D eigenvalue weighted by molar-refractivity contribution is 5.89. The van der Waals surface area contributed by atoms with E-state index in [1.54, 1.807) is 24.3 Å². The van der Waals surface area contributed by atoms with Gasteiger partial charge >= 0.3 is 0 Å². The molecule has 58 heavy (non-hydrogen) atoms. The van der Waals surface area contributed by atoms with Crippen molar-refractivity contribution in [1.29, 1.82) is 0 Å². The van der Waals surface area contributed by atoms with Gasteiger partial charge in [-0.25, -0.2) is 8.78 Å². The van der Waals surface area contributed by atoms with Crippen molar-refractivity contribution in [3.05, 3.63) is 217 Å². The summed E-state index contributed by atoms with van der Waals surface area (Å²) in [6.45, 7) is 4.13. The lowest BCUT2D eigenvalue weighted by Gasteiger charge is -2.15. The maximum Gasteiger partial charge on any atom is 0.123 e. The van der Waals surface area contributed by atoms with E-state index < -0.39 is 0 Å². The Morgan fingerprint density at radius 2 is 0.603 bits per heavy atom. The van der Waals surface area contributed by atoms with Gasteiger partial charge in [-0.3, -0.25) is 9.97 Å². The van der Waals surface area contributed by atoms with Gasteiger partial charge in [-0.05, 0) is 123 Å². The minimum absolute atomic E-state index is 0.248. The van der Waals surface area contributed by atoms with Crippen LogP contribution in [-0.4, -0.2) is 9.97 Å². The first kappa shape index (κ1) is 36.3. The molecule has 4 heteroatoms. The molecule has 2 nitrogen and oxygen atoms in total. The highest BCUT2D eigenvalue weighted by atomic mass is 19.1. The van der Waals surface area contributed by atoms with Crippen LogP contribution in [0.1, 0.15) is 11.1 Å². The van der Waals surface area contributed by atoms with Gasteiger partial charge in [-0.2, -0.15) is 0 Å². The molecule has 0 saturated heterocycles.